The van der Waals surface area contributed by atoms with Gasteiger partial charge >= 0.3 is 0 Å². The molecule has 0 bridgehead atoms. The summed E-state index contributed by atoms with van der Waals surface area (Å²) in [6.45, 7) is 7.58. The number of nitrogens with zero attached hydrogens (tertiary/aromatic N) is 5. The van der Waals surface area contributed by atoms with Gasteiger partial charge in [-0.25, -0.2) is 17.7 Å². The number of allylic oxidation sites excluding steroid dienone is 3. The summed E-state index contributed by atoms with van der Waals surface area (Å²) in [5.74, 6) is 0.591. The second-order valence-corrected chi connectivity index (χ2v) is 14.7. The molecule has 260 valence electrons. The van der Waals surface area contributed by atoms with Crippen molar-refractivity contribution in [2.75, 3.05) is 65.0 Å². The molecule has 12 nitrogen and oxygen atoms in total. The van der Waals surface area contributed by atoms with Gasteiger partial charge < -0.3 is 24.0 Å². The largest absolute Gasteiger partial charge is 0.497 e. The maximum atomic E-state index is 15.5. The summed E-state index contributed by atoms with van der Waals surface area (Å²) in [4.78, 5) is 17.3. The predicted octanol–water partition coefficient (Wildman–Crippen LogP) is 4.27. The van der Waals surface area contributed by atoms with Crippen LogP contribution in [0.15, 0.2) is 83.4 Å². The lowest BCUT2D eigenvalue weighted by molar-refractivity contribution is -0.205. The Bertz CT molecular complexity index is 2080. The number of hydrazine groups is 1. The molecule has 50 heavy (non-hydrogen) atoms. The first kappa shape index (κ1) is 33.5. The van der Waals surface area contributed by atoms with E-state index >= 15 is 4.79 Å². The van der Waals surface area contributed by atoms with Crippen molar-refractivity contribution in [3.05, 3.63) is 95.2 Å². The highest BCUT2D eigenvalue weighted by Gasteiger charge is 2.67. The number of methoxy groups -OCH3 is 3. The van der Waals surface area contributed by atoms with Gasteiger partial charge in [0.05, 0.1) is 51.8 Å². The van der Waals surface area contributed by atoms with Crippen LogP contribution in [0.1, 0.15) is 30.5 Å². The number of carbonyl (C=O) groups excluding carboxylic acids is 1. The number of likely N-dealkylation sites (tertiary alicyclic amines) is 1. The van der Waals surface area contributed by atoms with E-state index in [1.807, 2.05) is 11.8 Å². The summed E-state index contributed by atoms with van der Waals surface area (Å²) < 4.78 is 53.1. The minimum absolute atomic E-state index is 0.0237. The van der Waals surface area contributed by atoms with Crippen LogP contribution in [0.2, 0.25) is 0 Å². The SMILES string of the molecule is CCOc1ccc(OC)cc1C1(N2CC3(CN(N4CC=CC=C4C)C3)C2)C(=O)N(S(=O)(=O)c2ccc(OC)cc2OC)c2ccc(C#N)cc21. The van der Waals surface area contributed by atoms with E-state index in [1.165, 1.54) is 51.7 Å². The van der Waals surface area contributed by atoms with Gasteiger partial charge in [-0.1, -0.05) is 12.2 Å². The number of amides is 1. The number of sulfonamides is 1. The number of carbonyl (C=O) groups is 1. The Morgan fingerprint density at radius 2 is 1.60 bits per heavy atom. The molecule has 4 aliphatic rings. The smallest absolute Gasteiger partial charge is 0.274 e. The van der Waals surface area contributed by atoms with Gasteiger partial charge in [-0.15, -0.1) is 0 Å². The number of hydrogen-bond donors (Lipinski definition) is 0. The Kier molecular flexibility index (Phi) is 8.29. The molecular formula is C37H39N5O7S. The minimum Gasteiger partial charge on any atom is -0.497 e. The van der Waals surface area contributed by atoms with E-state index in [1.54, 1.807) is 24.3 Å². The highest BCUT2D eigenvalue weighted by atomic mass is 32.2. The first-order valence-electron chi connectivity index (χ1n) is 16.4. The molecule has 1 unspecified atom stereocenters. The van der Waals surface area contributed by atoms with Crippen molar-refractivity contribution in [1.29, 1.82) is 5.26 Å². The van der Waals surface area contributed by atoms with E-state index in [9.17, 15) is 13.7 Å². The Morgan fingerprint density at radius 3 is 2.26 bits per heavy atom. The third-order valence-corrected chi connectivity index (χ3v) is 11.8. The topological polar surface area (TPSA) is 125 Å². The summed E-state index contributed by atoms with van der Waals surface area (Å²) >= 11 is 0. The van der Waals surface area contributed by atoms with Gasteiger partial charge in [0.1, 0.15) is 27.9 Å². The first-order valence-corrected chi connectivity index (χ1v) is 17.8. The number of benzene rings is 3. The molecule has 0 N–H and O–H groups in total. The van der Waals surface area contributed by atoms with Gasteiger partial charge in [0.2, 0.25) is 0 Å². The summed E-state index contributed by atoms with van der Waals surface area (Å²) in [5.41, 5.74) is 0.596. The molecule has 2 fully saturated rings. The van der Waals surface area contributed by atoms with Crippen molar-refractivity contribution in [1.82, 2.24) is 14.9 Å². The Hall–Kier alpha value is -5.03. The lowest BCUT2D eigenvalue weighted by atomic mass is 9.68. The van der Waals surface area contributed by atoms with Crippen LogP contribution in [0.4, 0.5) is 5.69 Å². The maximum absolute atomic E-state index is 15.5. The van der Waals surface area contributed by atoms with E-state index in [0.717, 1.165) is 29.6 Å². The quantitative estimate of drug-likeness (QED) is 0.302. The van der Waals surface area contributed by atoms with Crippen LogP contribution in [-0.2, 0) is 20.4 Å². The molecule has 4 aliphatic heterocycles. The average molecular weight is 698 g/mol. The van der Waals surface area contributed by atoms with E-state index in [0.29, 0.717) is 48.1 Å². The van der Waals surface area contributed by atoms with Crippen molar-refractivity contribution < 1.29 is 32.2 Å². The van der Waals surface area contributed by atoms with Crippen molar-refractivity contribution >= 4 is 21.6 Å². The van der Waals surface area contributed by atoms with Crippen LogP contribution in [0, 0.1) is 16.7 Å². The number of hydrogen-bond acceptors (Lipinski definition) is 11. The van der Waals surface area contributed by atoms with E-state index in [-0.39, 0.29) is 27.3 Å². The fraction of sp³-hybridized carbons (Fsp3) is 0.351. The molecule has 1 amide bonds. The summed E-state index contributed by atoms with van der Waals surface area (Å²) in [6.07, 6.45) is 6.26. The average Bonchev–Trinajstić information content (AvgIpc) is 3.35. The molecule has 0 saturated carbocycles. The van der Waals surface area contributed by atoms with Crippen LogP contribution in [0.5, 0.6) is 23.0 Å². The Morgan fingerprint density at radius 1 is 0.880 bits per heavy atom. The zero-order chi connectivity index (χ0) is 35.4. The van der Waals surface area contributed by atoms with Crippen LogP contribution in [0.25, 0.3) is 0 Å². The second kappa shape index (κ2) is 12.4. The normalized spacial score (nSPS) is 21.2. The number of ether oxygens (including phenoxy) is 4. The highest BCUT2D eigenvalue weighted by molar-refractivity contribution is 7.93. The molecule has 7 rings (SSSR count). The molecule has 13 heteroatoms. The van der Waals surface area contributed by atoms with E-state index in [2.05, 4.69) is 41.2 Å². The molecular weight excluding hydrogens is 659 g/mol. The maximum Gasteiger partial charge on any atom is 0.274 e. The lowest BCUT2D eigenvalue weighted by Gasteiger charge is -2.65. The van der Waals surface area contributed by atoms with Gasteiger partial charge in [-0.05, 0) is 68.5 Å². The predicted molar refractivity (Wildman–Crippen MR) is 185 cm³/mol. The third-order valence-electron chi connectivity index (χ3n) is 10.1. The van der Waals surface area contributed by atoms with Gasteiger partial charge in [0.15, 0.2) is 5.54 Å². The van der Waals surface area contributed by atoms with Gasteiger partial charge in [0.25, 0.3) is 15.9 Å². The van der Waals surface area contributed by atoms with Crippen LogP contribution >= 0.6 is 0 Å². The number of nitriles is 1. The van der Waals surface area contributed by atoms with E-state index < -0.39 is 21.5 Å². The van der Waals surface area contributed by atoms with Gasteiger partial charge in [0, 0.05) is 54.5 Å². The fourth-order valence-corrected chi connectivity index (χ4v) is 9.34. The minimum atomic E-state index is -4.58. The molecule has 3 aromatic carbocycles. The molecule has 4 heterocycles. The molecule has 0 aromatic heterocycles. The first-order chi connectivity index (χ1) is 24.1. The van der Waals surface area contributed by atoms with E-state index in [4.69, 9.17) is 18.9 Å². The van der Waals surface area contributed by atoms with Crippen molar-refractivity contribution in [2.24, 2.45) is 5.41 Å². The fourth-order valence-electron chi connectivity index (χ4n) is 7.74. The lowest BCUT2D eigenvalue weighted by Crippen LogP contribution is -2.78. The molecule has 0 aliphatic carbocycles. The zero-order valence-electron chi connectivity index (χ0n) is 28.7. The second-order valence-electron chi connectivity index (χ2n) is 12.9. The van der Waals surface area contributed by atoms with Crippen LogP contribution < -0.4 is 23.3 Å². The summed E-state index contributed by atoms with van der Waals surface area (Å²) in [5, 5.41) is 14.6. The van der Waals surface area contributed by atoms with Gasteiger partial charge in [-0.2, -0.15) is 5.26 Å². The Balaban J connectivity index is 1.40. The number of anilines is 1. The Labute approximate surface area is 292 Å². The number of rotatable bonds is 10. The third kappa shape index (κ3) is 4.93. The van der Waals surface area contributed by atoms with Crippen molar-refractivity contribution in [2.45, 2.75) is 24.3 Å². The summed E-state index contributed by atoms with van der Waals surface area (Å²) in [7, 11) is -0.218. The molecule has 3 aromatic rings. The van der Waals surface area contributed by atoms with Crippen molar-refractivity contribution in [3.63, 3.8) is 0 Å². The number of fused-ring (bicyclic) bond motifs is 1. The molecule has 0 radical (unpaired) electrons. The van der Waals surface area contributed by atoms with Crippen LogP contribution in [-0.4, -0.2) is 89.9 Å². The molecule has 2 saturated heterocycles. The molecule has 1 atom stereocenters. The van der Waals surface area contributed by atoms with Crippen LogP contribution in [0.3, 0.4) is 0 Å². The van der Waals surface area contributed by atoms with Crippen molar-refractivity contribution in [3.8, 4) is 29.1 Å². The molecule has 1 spiro atoms. The van der Waals surface area contributed by atoms with Gasteiger partial charge in [-0.3, -0.25) is 9.69 Å². The highest BCUT2D eigenvalue weighted by Crippen LogP contribution is 2.58. The standard InChI is InChI=1S/C37H39N5O7S/c1-6-49-32-14-11-27(46-3)18-30(32)37(39-21-36(22-39)23-40(24-36)41-16-8-7-9-25(41)2)29-17-26(20-38)10-13-31(29)42(35(37)43)50(44,45)34-15-12-28(47-4)19-33(34)48-5/h7-15,17-19H,6,16,21-24H2,1-5H3. The zero-order valence-corrected chi connectivity index (χ0v) is 29.5. The summed E-state index contributed by atoms with van der Waals surface area (Å²) in [6, 6.07) is 16.4. The monoisotopic (exact) mass is 697 g/mol.